The highest BCUT2D eigenvalue weighted by Crippen LogP contribution is 2.39. The van der Waals surface area contributed by atoms with Crippen molar-refractivity contribution in [1.29, 1.82) is 0 Å². The molecule has 0 bridgehead atoms. The molecular weight excluding hydrogens is 411 g/mol. The Labute approximate surface area is 185 Å². The minimum Gasteiger partial charge on any atom is -0.492 e. The summed E-state index contributed by atoms with van der Waals surface area (Å²) in [6.07, 6.45) is 6.07. The average Bonchev–Trinajstić information content (AvgIpc) is 3.55. The van der Waals surface area contributed by atoms with Crippen molar-refractivity contribution in [2.75, 3.05) is 26.3 Å². The summed E-state index contributed by atoms with van der Waals surface area (Å²) in [5.74, 6) is 2.75. The van der Waals surface area contributed by atoms with Gasteiger partial charge in [-0.05, 0) is 25.8 Å². The van der Waals surface area contributed by atoms with Gasteiger partial charge in [-0.2, -0.15) is 9.50 Å². The van der Waals surface area contributed by atoms with Gasteiger partial charge in [0.25, 0.3) is 5.78 Å². The molecule has 1 aromatic carbocycles. The van der Waals surface area contributed by atoms with Gasteiger partial charge in [0.15, 0.2) is 11.6 Å². The third kappa shape index (κ3) is 3.65. The van der Waals surface area contributed by atoms with Crippen molar-refractivity contribution in [1.82, 2.24) is 24.5 Å². The first kappa shape index (κ1) is 19.8. The second-order valence-corrected chi connectivity index (χ2v) is 8.80. The van der Waals surface area contributed by atoms with Crippen LogP contribution in [0.2, 0.25) is 0 Å². The van der Waals surface area contributed by atoms with Crippen LogP contribution in [0.15, 0.2) is 35.5 Å². The number of aromatic nitrogens is 4. The molecule has 6 rings (SSSR count). The molecule has 3 aliphatic rings. The van der Waals surface area contributed by atoms with Gasteiger partial charge in [-0.25, -0.2) is 14.4 Å². The maximum absolute atomic E-state index is 13.9. The Morgan fingerprint density at radius 1 is 1.25 bits per heavy atom. The highest BCUT2D eigenvalue weighted by molar-refractivity contribution is 5.74. The number of benzene rings is 1. The molecule has 166 valence electrons. The van der Waals surface area contributed by atoms with Crippen LogP contribution in [-0.4, -0.2) is 69.1 Å². The van der Waals surface area contributed by atoms with Crippen molar-refractivity contribution in [3.05, 3.63) is 47.7 Å². The molecule has 9 heteroatoms. The number of fused-ring (bicyclic) bond motifs is 2. The maximum atomic E-state index is 13.9. The lowest BCUT2D eigenvalue weighted by Gasteiger charge is -2.42. The summed E-state index contributed by atoms with van der Waals surface area (Å²) in [6.45, 7) is 4.89. The Balaban J connectivity index is 1.37. The van der Waals surface area contributed by atoms with Crippen LogP contribution >= 0.6 is 0 Å². The lowest BCUT2D eigenvalue weighted by Crippen LogP contribution is -2.52. The van der Waals surface area contributed by atoms with E-state index in [2.05, 4.69) is 26.9 Å². The van der Waals surface area contributed by atoms with Gasteiger partial charge >= 0.3 is 0 Å². The fourth-order valence-electron chi connectivity index (χ4n) is 4.62. The number of rotatable bonds is 4. The summed E-state index contributed by atoms with van der Waals surface area (Å²) >= 11 is 0. The predicted octanol–water partition coefficient (Wildman–Crippen LogP) is 3.11. The molecule has 1 saturated carbocycles. The van der Waals surface area contributed by atoms with Gasteiger partial charge in [-0.1, -0.05) is 6.07 Å². The molecule has 3 atom stereocenters. The van der Waals surface area contributed by atoms with Gasteiger partial charge in [0.1, 0.15) is 18.2 Å². The minimum absolute atomic E-state index is 0.0562. The molecular formula is C23H25FN6O2. The number of nitrogens with zero attached hydrogens (tertiary/aromatic N) is 6. The van der Waals surface area contributed by atoms with E-state index in [-0.39, 0.29) is 23.9 Å². The number of morpholine rings is 1. The van der Waals surface area contributed by atoms with Crippen LogP contribution in [-0.2, 0) is 4.74 Å². The molecule has 0 N–H and O–H groups in total. The van der Waals surface area contributed by atoms with Crippen molar-refractivity contribution in [3.8, 4) is 5.75 Å². The Kier molecular flexibility index (Phi) is 4.87. The third-order valence-corrected chi connectivity index (χ3v) is 6.45. The van der Waals surface area contributed by atoms with E-state index in [1.165, 1.54) is 12.1 Å². The number of aliphatic imine (C=N–C) groups is 1. The lowest BCUT2D eigenvalue weighted by atomic mass is 9.88. The van der Waals surface area contributed by atoms with Crippen LogP contribution in [0.5, 0.6) is 5.75 Å². The summed E-state index contributed by atoms with van der Waals surface area (Å²) in [5.41, 5.74) is 0.938. The van der Waals surface area contributed by atoms with Crippen LogP contribution in [0.25, 0.3) is 5.78 Å². The lowest BCUT2D eigenvalue weighted by molar-refractivity contribution is -0.0440. The Hall–Kier alpha value is -2.91. The molecule has 2 unspecified atom stereocenters. The molecule has 0 amide bonds. The average molecular weight is 436 g/mol. The van der Waals surface area contributed by atoms with Crippen molar-refractivity contribution in [2.45, 2.75) is 43.7 Å². The topological polar surface area (TPSA) is 77.1 Å². The van der Waals surface area contributed by atoms with Gasteiger partial charge < -0.3 is 9.47 Å². The standard InChI is InChI=1S/C23H25FN6O2/c1-14-12-29(8-9-31-14)19-13-32-20-10-16(24)4-5-17(20)18(19)11-26-21-6-7-25-23-27-22(15-2-3-15)28-30(21)23/h4-7,10-11,14-15,18-19H,2-3,8-9,12-13H2,1H3/b26-11-/t14-,18?,19?/m1/s1. The minimum atomic E-state index is -0.302. The van der Waals surface area contributed by atoms with Gasteiger partial charge in [0, 0.05) is 55.0 Å². The monoisotopic (exact) mass is 436 g/mol. The van der Waals surface area contributed by atoms with E-state index >= 15 is 0 Å². The van der Waals surface area contributed by atoms with Crippen molar-refractivity contribution in [2.24, 2.45) is 4.99 Å². The molecule has 8 nitrogen and oxygen atoms in total. The second-order valence-electron chi connectivity index (χ2n) is 8.80. The summed E-state index contributed by atoms with van der Waals surface area (Å²) in [5, 5.41) is 4.64. The zero-order chi connectivity index (χ0) is 21.7. The smallest absolute Gasteiger partial charge is 0.254 e. The molecule has 3 aromatic rings. The van der Waals surface area contributed by atoms with Gasteiger partial charge in [-0.15, -0.1) is 5.10 Å². The Morgan fingerprint density at radius 3 is 3.00 bits per heavy atom. The van der Waals surface area contributed by atoms with Gasteiger partial charge in [0.2, 0.25) is 0 Å². The highest BCUT2D eigenvalue weighted by Gasteiger charge is 2.36. The molecule has 2 aliphatic heterocycles. The van der Waals surface area contributed by atoms with E-state index in [4.69, 9.17) is 14.5 Å². The summed E-state index contributed by atoms with van der Waals surface area (Å²) < 4.78 is 27.3. The van der Waals surface area contributed by atoms with Crippen LogP contribution in [0.1, 0.15) is 43.0 Å². The van der Waals surface area contributed by atoms with Crippen LogP contribution in [0.3, 0.4) is 0 Å². The van der Waals surface area contributed by atoms with Crippen molar-refractivity contribution < 1.29 is 13.9 Å². The molecule has 32 heavy (non-hydrogen) atoms. The summed E-state index contributed by atoms with van der Waals surface area (Å²) in [6, 6.07) is 6.67. The zero-order valence-electron chi connectivity index (χ0n) is 17.9. The zero-order valence-corrected chi connectivity index (χ0v) is 17.9. The quantitative estimate of drug-likeness (QED) is 0.585. The SMILES string of the molecule is C[C@@H]1CN(C2COc3cc(F)ccc3C2/C=N\c2ccnc3nc(C4CC4)nn23)CCO1. The maximum Gasteiger partial charge on any atom is 0.254 e. The fraction of sp³-hybridized carbons (Fsp3) is 0.478. The van der Waals surface area contributed by atoms with Crippen molar-refractivity contribution in [3.63, 3.8) is 0 Å². The van der Waals surface area contributed by atoms with E-state index in [9.17, 15) is 4.39 Å². The summed E-state index contributed by atoms with van der Waals surface area (Å²) in [4.78, 5) is 16.1. The third-order valence-electron chi connectivity index (χ3n) is 6.45. The van der Waals surface area contributed by atoms with Crippen LogP contribution < -0.4 is 4.74 Å². The van der Waals surface area contributed by atoms with Gasteiger partial charge in [-0.3, -0.25) is 4.90 Å². The Morgan fingerprint density at radius 2 is 2.16 bits per heavy atom. The van der Waals surface area contributed by atoms with E-state index < -0.39 is 0 Å². The number of hydrogen-bond donors (Lipinski definition) is 0. The molecule has 2 aromatic heterocycles. The van der Waals surface area contributed by atoms with Crippen molar-refractivity contribution >= 4 is 17.8 Å². The first-order valence-corrected chi connectivity index (χ1v) is 11.2. The van der Waals surface area contributed by atoms with Crippen LogP contribution in [0.4, 0.5) is 10.2 Å². The van der Waals surface area contributed by atoms with E-state index in [1.54, 1.807) is 16.8 Å². The molecule has 0 spiro atoms. The molecule has 1 saturated heterocycles. The number of ether oxygens (including phenoxy) is 2. The number of halogens is 1. The normalized spacial score (nSPS) is 26.4. The molecule has 4 heterocycles. The Bertz CT molecular complexity index is 1180. The van der Waals surface area contributed by atoms with E-state index in [1.807, 2.05) is 12.3 Å². The molecule has 1 aliphatic carbocycles. The first-order chi connectivity index (χ1) is 15.7. The fourth-order valence-corrected chi connectivity index (χ4v) is 4.62. The summed E-state index contributed by atoms with van der Waals surface area (Å²) in [7, 11) is 0. The number of hydrogen-bond acceptors (Lipinski definition) is 7. The molecule has 0 radical (unpaired) electrons. The highest BCUT2D eigenvalue weighted by atomic mass is 19.1. The second kappa shape index (κ2) is 7.90. The molecule has 2 fully saturated rings. The van der Waals surface area contributed by atoms with Crippen LogP contribution in [0, 0.1) is 5.82 Å². The first-order valence-electron chi connectivity index (χ1n) is 11.2. The predicted molar refractivity (Wildman–Crippen MR) is 116 cm³/mol. The van der Waals surface area contributed by atoms with E-state index in [0.29, 0.717) is 36.5 Å². The largest absolute Gasteiger partial charge is 0.492 e. The van der Waals surface area contributed by atoms with Gasteiger partial charge in [0.05, 0.1) is 18.8 Å². The van der Waals surface area contributed by atoms with E-state index in [0.717, 1.165) is 37.3 Å².